The molecule has 0 saturated heterocycles. The molecule has 4 N–H and O–H groups in total. The number of nitrogens with two attached hydrogens (primary N) is 2. The molecule has 92 valence electrons. The molecule has 0 radical (unpaired) electrons. The van der Waals surface area contributed by atoms with Crippen LogP contribution in [0.4, 0.5) is 0 Å². The molecule has 0 aromatic heterocycles. The molecule has 3 nitrogen and oxygen atoms in total. The van der Waals surface area contributed by atoms with Crippen molar-refractivity contribution in [2.45, 2.75) is 64.5 Å². The Morgan fingerprint density at radius 2 is 1.67 bits per heavy atom. The quantitative estimate of drug-likeness (QED) is 0.652. The maximum Gasteiger partial charge on any atom is 0.0663 e. The molecule has 0 aromatic rings. The lowest BCUT2D eigenvalue weighted by atomic mass is 9.95. The SMILES string of the molecule is CCC(C)(N)CCOC(C)(CC)CCN. The first-order valence-electron chi connectivity index (χ1n) is 6.02. The van der Waals surface area contributed by atoms with Gasteiger partial charge in [0.15, 0.2) is 0 Å². The van der Waals surface area contributed by atoms with Gasteiger partial charge in [0.05, 0.1) is 5.60 Å². The second-order valence-electron chi connectivity index (χ2n) is 4.95. The van der Waals surface area contributed by atoms with Crippen LogP contribution in [-0.2, 0) is 4.74 Å². The molecule has 0 heterocycles. The zero-order chi connectivity index (χ0) is 11.9. The number of ether oxygens (including phenoxy) is 1. The molecular weight excluding hydrogens is 188 g/mol. The third kappa shape index (κ3) is 6.13. The standard InChI is InChI=1S/C12H28N2O/c1-5-11(3,14)8-10-15-12(4,6-2)7-9-13/h5-10,13-14H2,1-4H3. The lowest BCUT2D eigenvalue weighted by Gasteiger charge is -2.30. The summed E-state index contributed by atoms with van der Waals surface area (Å²) in [5.74, 6) is 0. The first-order valence-corrected chi connectivity index (χ1v) is 6.02. The van der Waals surface area contributed by atoms with Gasteiger partial charge < -0.3 is 16.2 Å². The molecule has 0 aliphatic rings. The van der Waals surface area contributed by atoms with Gasteiger partial charge in [-0.3, -0.25) is 0 Å². The Balaban J connectivity index is 3.91. The Kier molecular flexibility index (Phi) is 6.41. The highest BCUT2D eigenvalue weighted by Gasteiger charge is 2.23. The smallest absolute Gasteiger partial charge is 0.0663 e. The number of hydrogen-bond acceptors (Lipinski definition) is 3. The van der Waals surface area contributed by atoms with Gasteiger partial charge in [0, 0.05) is 12.1 Å². The highest BCUT2D eigenvalue weighted by molar-refractivity contribution is 4.78. The van der Waals surface area contributed by atoms with Crippen molar-refractivity contribution in [3.05, 3.63) is 0 Å². The number of rotatable bonds is 8. The summed E-state index contributed by atoms with van der Waals surface area (Å²) >= 11 is 0. The van der Waals surface area contributed by atoms with Gasteiger partial charge in [-0.15, -0.1) is 0 Å². The molecule has 15 heavy (non-hydrogen) atoms. The average molecular weight is 216 g/mol. The van der Waals surface area contributed by atoms with Crippen molar-refractivity contribution in [3.63, 3.8) is 0 Å². The second kappa shape index (κ2) is 6.46. The van der Waals surface area contributed by atoms with Gasteiger partial charge in [0.25, 0.3) is 0 Å². The summed E-state index contributed by atoms with van der Waals surface area (Å²) in [7, 11) is 0. The Labute approximate surface area is 94.5 Å². The molecule has 2 unspecified atom stereocenters. The van der Waals surface area contributed by atoms with E-state index in [1.54, 1.807) is 0 Å². The largest absolute Gasteiger partial charge is 0.375 e. The van der Waals surface area contributed by atoms with E-state index < -0.39 is 0 Å². The monoisotopic (exact) mass is 216 g/mol. The summed E-state index contributed by atoms with van der Waals surface area (Å²) in [6.45, 7) is 9.85. The molecule has 0 aromatic carbocycles. The van der Waals surface area contributed by atoms with E-state index in [1.807, 2.05) is 0 Å². The van der Waals surface area contributed by atoms with Crippen LogP contribution >= 0.6 is 0 Å². The van der Waals surface area contributed by atoms with Crippen LogP contribution in [-0.4, -0.2) is 24.3 Å². The van der Waals surface area contributed by atoms with Crippen LogP contribution in [0.5, 0.6) is 0 Å². The first kappa shape index (κ1) is 14.9. The van der Waals surface area contributed by atoms with Crippen molar-refractivity contribution in [1.82, 2.24) is 0 Å². The van der Waals surface area contributed by atoms with Gasteiger partial charge in [-0.2, -0.15) is 0 Å². The van der Waals surface area contributed by atoms with E-state index in [1.165, 1.54) is 0 Å². The molecule has 0 rings (SSSR count). The molecule has 0 aliphatic heterocycles. The van der Waals surface area contributed by atoms with Gasteiger partial charge in [0.1, 0.15) is 0 Å². The third-order valence-electron chi connectivity index (χ3n) is 3.35. The van der Waals surface area contributed by atoms with Crippen LogP contribution in [0.15, 0.2) is 0 Å². The summed E-state index contributed by atoms with van der Waals surface area (Å²) in [4.78, 5) is 0. The summed E-state index contributed by atoms with van der Waals surface area (Å²) < 4.78 is 5.90. The maximum absolute atomic E-state index is 6.06. The van der Waals surface area contributed by atoms with Crippen LogP contribution in [0.3, 0.4) is 0 Å². The van der Waals surface area contributed by atoms with E-state index >= 15 is 0 Å². The Morgan fingerprint density at radius 3 is 2.07 bits per heavy atom. The van der Waals surface area contributed by atoms with Gasteiger partial charge >= 0.3 is 0 Å². The highest BCUT2D eigenvalue weighted by atomic mass is 16.5. The molecule has 0 aliphatic carbocycles. The van der Waals surface area contributed by atoms with Crippen LogP contribution in [0.2, 0.25) is 0 Å². The first-order chi connectivity index (χ1) is 6.89. The molecular formula is C12H28N2O. The lowest BCUT2D eigenvalue weighted by Crippen LogP contribution is -2.39. The van der Waals surface area contributed by atoms with E-state index in [2.05, 4.69) is 27.7 Å². The molecule has 0 spiro atoms. The summed E-state index contributed by atoms with van der Waals surface area (Å²) in [6.07, 6.45) is 3.80. The van der Waals surface area contributed by atoms with E-state index in [0.29, 0.717) is 6.54 Å². The van der Waals surface area contributed by atoms with Gasteiger partial charge in [0.2, 0.25) is 0 Å². The van der Waals surface area contributed by atoms with E-state index in [-0.39, 0.29) is 11.1 Å². The van der Waals surface area contributed by atoms with Crippen molar-refractivity contribution in [2.24, 2.45) is 11.5 Å². The van der Waals surface area contributed by atoms with Crippen molar-refractivity contribution in [2.75, 3.05) is 13.2 Å². The zero-order valence-corrected chi connectivity index (χ0v) is 10.8. The van der Waals surface area contributed by atoms with Gasteiger partial charge in [-0.1, -0.05) is 13.8 Å². The van der Waals surface area contributed by atoms with Crippen molar-refractivity contribution in [1.29, 1.82) is 0 Å². The van der Waals surface area contributed by atoms with Crippen molar-refractivity contribution < 1.29 is 4.74 Å². The summed E-state index contributed by atoms with van der Waals surface area (Å²) in [5.41, 5.74) is 11.5. The molecule has 0 fully saturated rings. The van der Waals surface area contributed by atoms with Crippen LogP contribution in [0, 0.1) is 0 Å². The van der Waals surface area contributed by atoms with Crippen LogP contribution in [0.1, 0.15) is 53.4 Å². The van der Waals surface area contributed by atoms with E-state index in [9.17, 15) is 0 Å². The molecule has 0 bridgehead atoms. The third-order valence-corrected chi connectivity index (χ3v) is 3.35. The average Bonchev–Trinajstić information content (AvgIpc) is 2.18. The minimum absolute atomic E-state index is 0.0709. The molecule has 3 heteroatoms. The fourth-order valence-electron chi connectivity index (χ4n) is 1.36. The summed E-state index contributed by atoms with van der Waals surface area (Å²) in [5, 5.41) is 0. The maximum atomic E-state index is 6.06. The Hall–Kier alpha value is -0.120. The Morgan fingerprint density at radius 1 is 1.07 bits per heavy atom. The van der Waals surface area contributed by atoms with Gasteiger partial charge in [-0.25, -0.2) is 0 Å². The zero-order valence-electron chi connectivity index (χ0n) is 10.8. The minimum atomic E-state index is -0.0998. The lowest BCUT2D eigenvalue weighted by molar-refractivity contribution is -0.0445. The summed E-state index contributed by atoms with van der Waals surface area (Å²) in [6, 6.07) is 0. The Bertz CT molecular complexity index is 171. The van der Waals surface area contributed by atoms with Crippen molar-refractivity contribution in [3.8, 4) is 0 Å². The fourth-order valence-corrected chi connectivity index (χ4v) is 1.36. The second-order valence-corrected chi connectivity index (χ2v) is 4.95. The predicted octanol–water partition coefficient (Wildman–Crippen LogP) is 2.04. The van der Waals surface area contributed by atoms with E-state index in [4.69, 9.17) is 16.2 Å². The van der Waals surface area contributed by atoms with Crippen LogP contribution in [0.25, 0.3) is 0 Å². The minimum Gasteiger partial charge on any atom is -0.375 e. The van der Waals surface area contributed by atoms with Gasteiger partial charge in [-0.05, 0) is 46.1 Å². The fraction of sp³-hybridized carbons (Fsp3) is 1.00. The van der Waals surface area contributed by atoms with Crippen molar-refractivity contribution >= 4 is 0 Å². The van der Waals surface area contributed by atoms with E-state index in [0.717, 1.165) is 32.3 Å². The number of hydrogen-bond donors (Lipinski definition) is 2. The molecule has 2 atom stereocenters. The normalized spacial score (nSPS) is 19.6. The highest BCUT2D eigenvalue weighted by Crippen LogP contribution is 2.21. The van der Waals surface area contributed by atoms with Crippen LogP contribution < -0.4 is 11.5 Å². The predicted molar refractivity (Wildman–Crippen MR) is 65.8 cm³/mol. The topological polar surface area (TPSA) is 61.3 Å². The molecule has 0 amide bonds. The molecule has 0 saturated carbocycles.